The number of pyridine rings is 1. The maximum absolute atomic E-state index is 12.5. The Morgan fingerprint density at radius 2 is 2.27 bits per heavy atom. The Labute approximate surface area is 130 Å². The first-order valence-electron chi connectivity index (χ1n) is 7.66. The highest BCUT2D eigenvalue weighted by Gasteiger charge is 2.26. The molecule has 116 valence electrons. The topological polar surface area (TPSA) is 47.4 Å². The van der Waals surface area contributed by atoms with Gasteiger partial charge in [-0.2, -0.15) is 0 Å². The highest BCUT2D eigenvalue weighted by atomic mass is 16.5. The largest absolute Gasteiger partial charge is 0.370 e. The quantitative estimate of drug-likeness (QED) is 0.870. The zero-order chi connectivity index (χ0) is 15.4. The van der Waals surface area contributed by atoms with Crippen LogP contribution in [0.1, 0.15) is 29.0 Å². The fraction of sp³-hybridized carbons (Fsp3) is 0.412. The number of amides is 1. The second-order valence-corrected chi connectivity index (χ2v) is 5.65. The molecule has 2 aromatic rings. The molecule has 2 aromatic heterocycles. The van der Waals surface area contributed by atoms with Gasteiger partial charge < -0.3 is 14.2 Å². The number of carbonyl (C=O) groups excluding carboxylic acids is 1. The monoisotopic (exact) mass is 299 g/mol. The van der Waals surface area contributed by atoms with Crippen LogP contribution in [0.2, 0.25) is 0 Å². The van der Waals surface area contributed by atoms with Gasteiger partial charge in [0.15, 0.2) is 0 Å². The van der Waals surface area contributed by atoms with E-state index < -0.39 is 0 Å². The second-order valence-electron chi connectivity index (χ2n) is 5.65. The van der Waals surface area contributed by atoms with Crippen LogP contribution in [-0.4, -0.2) is 39.6 Å². The number of hydrogen-bond acceptors (Lipinski definition) is 3. The lowest BCUT2D eigenvalue weighted by atomic mass is 10.1. The molecule has 0 spiro atoms. The average Bonchev–Trinajstić information content (AvgIpc) is 2.99. The molecule has 3 rings (SSSR count). The molecule has 5 nitrogen and oxygen atoms in total. The maximum Gasteiger partial charge on any atom is 0.270 e. The van der Waals surface area contributed by atoms with Crippen molar-refractivity contribution in [2.45, 2.75) is 25.6 Å². The molecule has 1 atom stereocenters. The molecular formula is C17H21N3O2. The van der Waals surface area contributed by atoms with Crippen molar-refractivity contribution in [3.8, 4) is 0 Å². The van der Waals surface area contributed by atoms with E-state index in [0.717, 1.165) is 30.8 Å². The average molecular weight is 299 g/mol. The Bertz CT molecular complexity index is 624. The van der Waals surface area contributed by atoms with Crippen LogP contribution < -0.4 is 0 Å². The van der Waals surface area contributed by atoms with Gasteiger partial charge in [-0.3, -0.25) is 9.78 Å². The van der Waals surface area contributed by atoms with Gasteiger partial charge in [0.2, 0.25) is 0 Å². The highest BCUT2D eigenvalue weighted by molar-refractivity contribution is 5.92. The molecule has 5 heteroatoms. The SMILES string of the molecule is Cn1cccc1C(=O)N1CCC[C@@H](OCc2ccccn2)C1. The number of aromatic nitrogens is 2. The second kappa shape index (κ2) is 6.75. The van der Waals surface area contributed by atoms with Gasteiger partial charge in [0.1, 0.15) is 5.69 Å². The molecule has 1 aliphatic heterocycles. The first kappa shape index (κ1) is 14.8. The first-order chi connectivity index (χ1) is 10.7. The van der Waals surface area contributed by atoms with Crippen molar-refractivity contribution in [1.82, 2.24) is 14.5 Å². The molecule has 0 aliphatic carbocycles. The van der Waals surface area contributed by atoms with Gasteiger partial charge in [0, 0.05) is 32.5 Å². The van der Waals surface area contributed by atoms with Crippen LogP contribution in [0.4, 0.5) is 0 Å². The number of rotatable bonds is 4. The molecule has 0 unspecified atom stereocenters. The lowest BCUT2D eigenvalue weighted by Crippen LogP contribution is -2.43. The minimum Gasteiger partial charge on any atom is -0.370 e. The van der Waals surface area contributed by atoms with E-state index in [-0.39, 0.29) is 12.0 Å². The Hall–Kier alpha value is -2.14. The molecule has 1 saturated heterocycles. The van der Waals surface area contributed by atoms with Crippen molar-refractivity contribution in [2.24, 2.45) is 7.05 Å². The van der Waals surface area contributed by atoms with Gasteiger partial charge >= 0.3 is 0 Å². The fourth-order valence-corrected chi connectivity index (χ4v) is 2.79. The number of carbonyl (C=O) groups is 1. The zero-order valence-corrected chi connectivity index (χ0v) is 12.8. The number of aryl methyl sites for hydroxylation is 1. The van der Waals surface area contributed by atoms with Crippen LogP contribution in [0, 0.1) is 0 Å². The van der Waals surface area contributed by atoms with Crippen molar-refractivity contribution >= 4 is 5.91 Å². The Balaban J connectivity index is 1.57. The Morgan fingerprint density at radius 3 is 3.00 bits per heavy atom. The van der Waals surface area contributed by atoms with Crippen LogP contribution in [0.3, 0.4) is 0 Å². The predicted octanol–water partition coefficient (Wildman–Crippen LogP) is 2.24. The van der Waals surface area contributed by atoms with Gasteiger partial charge in [-0.1, -0.05) is 6.07 Å². The molecule has 0 N–H and O–H groups in total. The summed E-state index contributed by atoms with van der Waals surface area (Å²) in [6.45, 7) is 1.95. The van der Waals surface area contributed by atoms with Crippen molar-refractivity contribution in [1.29, 1.82) is 0 Å². The van der Waals surface area contributed by atoms with E-state index in [9.17, 15) is 4.79 Å². The smallest absolute Gasteiger partial charge is 0.270 e. The fourth-order valence-electron chi connectivity index (χ4n) is 2.79. The third kappa shape index (κ3) is 3.36. The van der Waals surface area contributed by atoms with Crippen molar-refractivity contribution in [2.75, 3.05) is 13.1 Å². The van der Waals surface area contributed by atoms with Crippen molar-refractivity contribution in [3.63, 3.8) is 0 Å². The summed E-state index contributed by atoms with van der Waals surface area (Å²) in [5, 5.41) is 0. The number of ether oxygens (including phenoxy) is 1. The summed E-state index contributed by atoms with van der Waals surface area (Å²) in [5.41, 5.74) is 1.65. The lowest BCUT2D eigenvalue weighted by Gasteiger charge is -2.32. The van der Waals surface area contributed by atoms with Gasteiger partial charge in [0.25, 0.3) is 5.91 Å². The third-order valence-corrected chi connectivity index (χ3v) is 4.02. The summed E-state index contributed by atoms with van der Waals surface area (Å²) in [4.78, 5) is 18.7. The van der Waals surface area contributed by atoms with E-state index in [4.69, 9.17) is 4.74 Å². The van der Waals surface area contributed by atoms with E-state index in [0.29, 0.717) is 13.2 Å². The van der Waals surface area contributed by atoms with E-state index >= 15 is 0 Å². The summed E-state index contributed by atoms with van der Waals surface area (Å²) in [7, 11) is 1.90. The molecule has 0 saturated carbocycles. The van der Waals surface area contributed by atoms with E-state index in [1.54, 1.807) is 6.20 Å². The standard InChI is InChI=1S/C17H21N3O2/c1-19-10-5-8-16(19)17(21)20-11-4-7-15(12-20)22-13-14-6-2-3-9-18-14/h2-3,5-6,8-10,15H,4,7,11-13H2,1H3/t15-/m1/s1. The van der Waals surface area contributed by atoms with Gasteiger partial charge in [0.05, 0.1) is 18.4 Å². The molecule has 3 heterocycles. The Kier molecular flexibility index (Phi) is 4.53. The summed E-state index contributed by atoms with van der Waals surface area (Å²) in [5.74, 6) is 0.0821. The number of nitrogens with zero attached hydrogens (tertiary/aromatic N) is 3. The van der Waals surface area contributed by atoms with Crippen LogP contribution in [0.25, 0.3) is 0 Å². The summed E-state index contributed by atoms with van der Waals surface area (Å²) < 4.78 is 7.80. The van der Waals surface area contributed by atoms with E-state index in [1.807, 2.05) is 53.0 Å². The highest BCUT2D eigenvalue weighted by Crippen LogP contribution is 2.17. The lowest BCUT2D eigenvalue weighted by molar-refractivity contribution is -0.00810. The van der Waals surface area contributed by atoms with Crippen LogP contribution in [0.15, 0.2) is 42.7 Å². The van der Waals surface area contributed by atoms with Gasteiger partial charge in [-0.05, 0) is 37.1 Å². The molecule has 1 aliphatic rings. The van der Waals surface area contributed by atoms with Crippen LogP contribution in [-0.2, 0) is 18.4 Å². The molecule has 22 heavy (non-hydrogen) atoms. The van der Waals surface area contributed by atoms with Crippen molar-refractivity contribution in [3.05, 3.63) is 54.1 Å². The van der Waals surface area contributed by atoms with Crippen LogP contribution in [0.5, 0.6) is 0 Å². The van der Waals surface area contributed by atoms with Gasteiger partial charge in [-0.25, -0.2) is 0 Å². The van der Waals surface area contributed by atoms with Gasteiger partial charge in [-0.15, -0.1) is 0 Å². The maximum atomic E-state index is 12.5. The summed E-state index contributed by atoms with van der Waals surface area (Å²) in [6.07, 6.45) is 5.71. The number of piperidine rings is 1. The third-order valence-electron chi connectivity index (χ3n) is 4.02. The molecular weight excluding hydrogens is 278 g/mol. The molecule has 1 amide bonds. The van der Waals surface area contributed by atoms with E-state index in [1.165, 1.54) is 0 Å². The molecule has 0 aromatic carbocycles. The number of likely N-dealkylation sites (tertiary alicyclic amines) is 1. The normalized spacial score (nSPS) is 18.4. The number of hydrogen-bond donors (Lipinski definition) is 0. The molecule has 1 fully saturated rings. The van der Waals surface area contributed by atoms with E-state index in [2.05, 4.69) is 4.98 Å². The predicted molar refractivity (Wildman–Crippen MR) is 83.4 cm³/mol. The Morgan fingerprint density at radius 1 is 1.36 bits per heavy atom. The molecule has 0 bridgehead atoms. The summed E-state index contributed by atoms with van der Waals surface area (Å²) >= 11 is 0. The minimum absolute atomic E-state index is 0.0821. The summed E-state index contributed by atoms with van der Waals surface area (Å²) in [6, 6.07) is 9.56. The van der Waals surface area contributed by atoms with Crippen LogP contribution >= 0.6 is 0 Å². The minimum atomic E-state index is 0.0821. The van der Waals surface area contributed by atoms with Crippen molar-refractivity contribution < 1.29 is 9.53 Å². The first-order valence-corrected chi connectivity index (χ1v) is 7.66. The molecule has 0 radical (unpaired) electrons. The zero-order valence-electron chi connectivity index (χ0n) is 12.8.